The molecule has 0 amide bonds. The minimum absolute atomic E-state index is 0.00447. The maximum absolute atomic E-state index is 13.3. The second-order valence-corrected chi connectivity index (χ2v) is 7.66. The summed E-state index contributed by atoms with van der Waals surface area (Å²) in [4.78, 5) is 13.1. The average Bonchev–Trinajstić information content (AvgIpc) is 3.12. The normalized spacial score (nSPS) is 11.6. The number of carbonyl (C=O) groups is 1. The number of aromatic hydroxyl groups is 1. The van der Waals surface area contributed by atoms with Crippen LogP contribution in [0.15, 0.2) is 66.7 Å². The summed E-state index contributed by atoms with van der Waals surface area (Å²) in [5.41, 5.74) is 1.54. The van der Waals surface area contributed by atoms with E-state index in [-0.39, 0.29) is 24.6 Å². The molecule has 0 aliphatic rings. The first-order valence-corrected chi connectivity index (χ1v) is 10.6. The number of fused-ring (bicyclic) bond motifs is 1. The van der Waals surface area contributed by atoms with Crippen molar-refractivity contribution >= 4 is 16.9 Å². The molecule has 0 saturated carbocycles. The van der Waals surface area contributed by atoms with Gasteiger partial charge in [0.25, 0.3) is 0 Å². The van der Waals surface area contributed by atoms with Gasteiger partial charge in [0.1, 0.15) is 17.2 Å². The first-order valence-electron chi connectivity index (χ1n) is 10.6. The van der Waals surface area contributed by atoms with Crippen molar-refractivity contribution in [3.63, 3.8) is 0 Å². The zero-order chi connectivity index (χ0) is 24.5. The molecular formula is C26H22F3NO4. The Balaban J connectivity index is 1.97. The van der Waals surface area contributed by atoms with Crippen LogP contribution in [0.5, 0.6) is 11.5 Å². The number of methoxy groups -OCH3 is 1. The molecule has 0 bridgehead atoms. The lowest BCUT2D eigenvalue weighted by Crippen LogP contribution is -2.14. The molecule has 8 heteroatoms. The standard InChI is InChI=1S/C26H22F3NO4/c1-3-34-25(32)24-23(17-7-10-20(33-2)11-8-17)21-14-19(31)9-12-22(21)30(24)15-16-5-4-6-18(13-16)26(27,28)29/h4-14,31H,3,15H2,1-2H3. The van der Waals surface area contributed by atoms with Gasteiger partial charge in [0, 0.05) is 23.0 Å². The largest absolute Gasteiger partial charge is 0.508 e. The summed E-state index contributed by atoms with van der Waals surface area (Å²) in [6.45, 7) is 1.79. The Morgan fingerprint density at radius 3 is 2.41 bits per heavy atom. The van der Waals surface area contributed by atoms with Crippen molar-refractivity contribution in [1.29, 1.82) is 0 Å². The number of halogens is 3. The highest BCUT2D eigenvalue weighted by Crippen LogP contribution is 2.39. The molecule has 176 valence electrons. The molecule has 0 radical (unpaired) electrons. The van der Waals surface area contributed by atoms with Crippen LogP contribution in [-0.4, -0.2) is 29.4 Å². The predicted octanol–water partition coefficient (Wildman–Crippen LogP) is 6.27. The molecule has 0 aliphatic carbocycles. The van der Waals surface area contributed by atoms with Gasteiger partial charge in [-0.05, 0) is 60.5 Å². The summed E-state index contributed by atoms with van der Waals surface area (Å²) >= 11 is 0. The lowest BCUT2D eigenvalue weighted by molar-refractivity contribution is -0.137. The molecule has 0 unspecified atom stereocenters. The van der Waals surface area contributed by atoms with Gasteiger partial charge in [0.2, 0.25) is 0 Å². The van der Waals surface area contributed by atoms with Gasteiger partial charge in [-0.25, -0.2) is 4.79 Å². The fraction of sp³-hybridized carbons (Fsp3) is 0.192. The summed E-state index contributed by atoms with van der Waals surface area (Å²) < 4.78 is 52.0. The van der Waals surface area contributed by atoms with Crippen LogP contribution in [0.3, 0.4) is 0 Å². The van der Waals surface area contributed by atoms with Crippen molar-refractivity contribution < 1.29 is 32.5 Å². The molecule has 34 heavy (non-hydrogen) atoms. The maximum Gasteiger partial charge on any atom is 0.416 e. The molecule has 4 rings (SSSR count). The van der Waals surface area contributed by atoms with Crippen LogP contribution in [0.4, 0.5) is 13.2 Å². The number of rotatable bonds is 6. The number of phenolic OH excluding ortho intramolecular Hbond substituents is 1. The summed E-state index contributed by atoms with van der Waals surface area (Å²) in [5, 5.41) is 10.7. The highest BCUT2D eigenvalue weighted by molar-refractivity contribution is 6.09. The molecule has 0 aliphatic heterocycles. The first-order chi connectivity index (χ1) is 16.2. The maximum atomic E-state index is 13.3. The number of aromatic nitrogens is 1. The number of phenols is 1. The van der Waals surface area contributed by atoms with E-state index in [1.807, 2.05) is 0 Å². The van der Waals surface area contributed by atoms with Crippen molar-refractivity contribution in [3.8, 4) is 22.6 Å². The lowest BCUT2D eigenvalue weighted by Gasteiger charge is -2.14. The van der Waals surface area contributed by atoms with Gasteiger partial charge < -0.3 is 19.1 Å². The molecular weight excluding hydrogens is 447 g/mol. The minimum Gasteiger partial charge on any atom is -0.508 e. The van der Waals surface area contributed by atoms with Gasteiger partial charge in [-0.15, -0.1) is 0 Å². The monoisotopic (exact) mass is 469 g/mol. The summed E-state index contributed by atoms with van der Waals surface area (Å²) in [7, 11) is 1.54. The van der Waals surface area contributed by atoms with Crippen LogP contribution in [0.1, 0.15) is 28.5 Å². The quantitative estimate of drug-likeness (QED) is 0.338. The number of alkyl halides is 3. The van der Waals surface area contributed by atoms with Gasteiger partial charge >= 0.3 is 12.1 Å². The van der Waals surface area contributed by atoms with Crippen LogP contribution in [0.2, 0.25) is 0 Å². The zero-order valence-corrected chi connectivity index (χ0v) is 18.5. The van der Waals surface area contributed by atoms with Gasteiger partial charge in [-0.2, -0.15) is 13.2 Å². The van der Waals surface area contributed by atoms with Crippen LogP contribution >= 0.6 is 0 Å². The van der Waals surface area contributed by atoms with E-state index in [1.54, 1.807) is 47.9 Å². The highest BCUT2D eigenvalue weighted by Gasteiger charge is 2.31. The lowest BCUT2D eigenvalue weighted by atomic mass is 10.0. The molecule has 0 fully saturated rings. The fourth-order valence-corrected chi connectivity index (χ4v) is 4.00. The fourth-order valence-electron chi connectivity index (χ4n) is 4.00. The van der Waals surface area contributed by atoms with Gasteiger partial charge in [0.05, 0.1) is 19.3 Å². The molecule has 0 atom stereocenters. The van der Waals surface area contributed by atoms with E-state index in [0.717, 1.165) is 12.1 Å². The van der Waals surface area contributed by atoms with Crippen molar-refractivity contribution in [2.45, 2.75) is 19.6 Å². The van der Waals surface area contributed by atoms with Gasteiger partial charge in [0.15, 0.2) is 0 Å². The van der Waals surface area contributed by atoms with Gasteiger partial charge in [-0.3, -0.25) is 0 Å². The molecule has 0 spiro atoms. The second kappa shape index (κ2) is 9.13. The second-order valence-electron chi connectivity index (χ2n) is 7.66. The van der Waals surface area contributed by atoms with Crippen LogP contribution in [0.25, 0.3) is 22.0 Å². The summed E-state index contributed by atoms with van der Waals surface area (Å²) in [5.74, 6) is 0.00172. The number of nitrogens with zero attached hydrogens (tertiary/aromatic N) is 1. The van der Waals surface area contributed by atoms with E-state index >= 15 is 0 Å². The number of esters is 1. The summed E-state index contributed by atoms with van der Waals surface area (Å²) in [6, 6.07) is 16.6. The van der Waals surface area contributed by atoms with Crippen molar-refractivity contribution in [1.82, 2.24) is 4.57 Å². The van der Waals surface area contributed by atoms with E-state index in [2.05, 4.69) is 0 Å². The Hall–Kier alpha value is -3.94. The Kier molecular flexibility index (Phi) is 6.24. The Bertz CT molecular complexity index is 1340. The average molecular weight is 469 g/mol. The zero-order valence-electron chi connectivity index (χ0n) is 18.5. The van der Waals surface area contributed by atoms with Crippen molar-refractivity contribution in [2.24, 2.45) is 0 Å². The molecule has 1 N–H and O–H groups in total. The third-order valence-electron chi connectivity index (χ3n) is 5.49. The van der Waals surface area contributed by atoms with Crippen molar-refractivity contribution in [2.75, 3.05) is 13.7 Å². The Morgan fingerprint density at radius 2 is 1.76 bits per heavy atom. The van der Waals surface area contributed by atoms with E-state index in [9.17, 15) is 23.1 Å². The molecule has 3 aromatic carbocycles. The topological polar surface area (TPSA) is 60.7 Å². The molecule has 1 aromatic heterocycles. The highest BCUT2D eigenvalue weighted by atomic mass is 19.4. The van der Waals surface area contributed by atoms with Crippen LogP contribution < -0.4 is 4.74 Å². The minimum atomic E-state index is -4.49. The smallest absolute Gasteiger partial charge is 0.416 e. The molecule has 5 nitrogen and oxygen atoms in total. The van der Waals surface area contributed by atoms with Crippen LogP contribution in [0, 0.1) is 0 Å². The molecule has 0 saturated heterocycles. The third kappa shape index (κ3) is 4.44. The Labute approximate surface area is 194 Å². The molecule has 4 aromatic rings. The number of benzene rings is 3. The number of hydrogen-bond acceptors (Lipinski definition) is 4. The predicted molar refractivity (Wildman–Crippen MR) is 122 cm³/mol. The van der Waals surface area contributed by atoms with Gasteiger partial charge in [-0.1, -0.05) is 24.3 Å². The van der Waals surface area contributed by atoms with E-state index in [0.29, 0.717) is 33.3 Å². The third-order valence-corrected chi connectivity index (χ3v) is 5.49. The SMILES string of the molecule is CCOC(=O)c1c(-c2ccc(OC)cc2)c2cc(O)ccc2n1Cc1cccc(C(F)(F)F)c1. The van der Waals surface area contributed by atoms with E-state index in [1.165, 1.54) is 25.3 Å². The number of ether oxygens (including phenoxy) is 2. The first kappa shape index (κ1) is 23.2. The number of carbonyl (C=O) groups excluding carboxylic acids is 1. The van der Waals surface area contributed by atoms with Crippen molar-refractivity contribution in [3.05, 3.63) is 83.6 Å². The van der Waals surface area contributed by atoms with E-state index in [4.69, 9.17) is 9.47 Å². The Morgan fingerprint density at radius 1 is 1.03 bits per heavy atom. The summed E-state index contributed by atoms with van der Waals surface area (Å²) in [6.07, 6.45) is -4.49. The van der Waals surface area contributed by atoms with E-state index < -0.39 is 17.7 Å². The van der Waals surface area contributed by atoms with Crippen LogP contribution in [-0.2, 0) is 17.5 Å². The number of hydrogen-bond donors (Lipinski definition) is 1. The molecule has 1 heterocycles.